The highest BCUT2D eigenvalue weighted by molar-refractivity contribution is 14.0. The number of rotatable bonds is 8. The van der Waals surface area contributed by atoms with Crippen LogP contribution in [0.15, 0.2) is 4.99 Å². The highest BCUT2D eigenvalue weighted by Crippen LogP contribution is 2.10. The van der Waals surface area contributed by atoms with E-state index in [2.05, 4.69) is 48.2 Å². The van der Waals surface area contributed by atoms with Gasteiger partial charge in [0.25, 0.3) is 0 Å². The molecule has 3 atom stereocenters. The Bertz CT molecular complexity index is 328. The number of hydrogen-bond donors (Lipinski definition) is 2. The third-order valence-corrected chi connectivity index (χ3v) is 4.40. The van der Waals surface area contributed by atoms with Gasteiger partial charge in [0.1, 0.15) is 0 Å². The first kappa shape index (κ1) is 22.9. The summed E-state index contributed by atoms with van der Waals surface area (Å²) in [4.78, 5) is 6.85. The van der Waals surface area contributed by atoms with Gasteiger partial charge in [0.05, 0.1) is 13.2 Å². The minimum atomic E-state index is 0. The predicted molar refractivity (Wildman–Crippen MR) is 110 cm³/mol. The van der Waals surface area contributed by atoms with Crippen molar-refractivity contribution in [2.24, 2.45) is 4.99 Å². The Morgan fingerprint density at radius 3 is 2.70 bits per heavy atom. The van der Waals surface area contributed by atoms with Gasteiger partial charge in [-0.3, -0.25) is 9.89 Å². The molecule has 0 radical (unpaired) electrons. The molecule has 1 aliphatic rings. The summed E-state index contributed by atoms with van der Waals surface area (Å²) < 4.78 is 5.51. The fourth-order valence-corrected chi connectivity index (χ4v) is 2.96. The number of ether oxygens (including phenoxy) is 1. The number of unbranched alkanes of at least 4 members (excludes halogenated alkanes) is 2. The van der Waals surface area contributed by atoms with Crippen LogP contribution >= 0.6 is 24.0 Å². The van der Waals surface area contributed by atoms with Gasteiger partial charge in [0.2, 0.25) is 0 Å². The molecule has 0 aromatic rings. The Labute approximate surface area is 160 Å². The van der Waals surface area contributed by atoms with E-state index in [-0.39, 0.29) is 24.0 Å². The normalized spacial score (nSPS) is 22.1. The molecule has 1 aliphatic heterocycles. The molecule has 0 saturated carbocycles. The second-order valence-corrected chi connectivity index (χ2v) is 6.51. The van der Waals surface area contributed by atoms with Gasteiger partial charge < -0.3 is 15.4 Å². The topological polar surface area (TPSA) is 48.9 Å². The summed E-state index contributed by atoms with van der Waals surface area (Å²) in [6.45, 7) is 12.6. The average Bonchev–Trinajstić information content (AvgIpc) is 2.51. The molecule has 1 saturated heterocycles. The Morgan fingerprint density at radius 2 is 2.09 bits per heavy atom. The lowest BCUT2D eigenvalue weighted by atomic mass is 10.1. The van der Waals surface area contributed by atoms with Crippen LogP contribution in [0.3, 0.4) is 0 Å². The van der Waals surface area contributed by atoms with Crippen LogP contribution in [-0.4, -0.2) is 62.3 Å². The van der Waals surface area contributed by atoms with Crippen molar-refractivity contribution in [3.05, 3.63) is 0 Å². The zero-order valence-electron chi connectivity index (χ0n) is 15.6. The standard InChI is InChI=1S/C17H36N4O.HI/c1-6-7-8-9-14(2)20-17(18-5)19-12-15(3)21-10-11-22-13-16(21)4;/h14-16H,6-13H2,1-5H3,(H2,18,19,20);1H. The van der Waals surface area contributed by atoms with Crippen molar-refractivity contribution in [2.75, 3.05) is 33.4 Å². The lowest BCUT2D eigenvalue weighted by molar-refractivity contribution is -0.0174. The highest BCUT2D eigenvalue weighted by Gasteiger charge is 2.23. The Kier molecular flexibility index (Phi) is 13.2. The van der Waals surface area contributed by atoms with Crippen LogP contribution in [0.5, 0.6) is 0 Å². The monoisotopic (exact) mass is 440 g/mol. The summed E-state index contributed by atoms with van der Waals surface area (Å²) >= 11 is 0. The molecule has 0 aromatic carbocycles. The van der Waals surface area contributed by atoms with E-state index >= 15 is 0 Å². The minimum absolute atomic E-state index is 0. The maximum absolute atomic E-state index is 5.51. The summed E-state index contributed by atoms with van der Waals surface area (Å²) in [5.41, 5.74) is 0. The first-order valence-corrected chi connectivity index (χ1v) is 8.89. The van der Waals surface area contributed by atoms with E-state index in [1.807, 2.05) is 7.05 Å². The van der Waals surface area contributed by atoms with Gasteiger partial charge in [0, 0.05) is 38.3 Å². The average molecular weight is 440 g/mol. The summed E-state index contributed by atoms with van der Waals surface area (Å²) in [5, 5.41) is 6.96. The Hall–Kier alpha value is -0.0800. The molecule has 0 spiro atoms. The SMILES string of the molecule is CCCCCC(C)NC(=NC)NCC(C)N1CCOCC1C.I. The van der Waals surface area contributed by atoms with Crippen LogP contribution < -0.4 is 10.6 Å². The quantitative estimate of drug-likeness (QED) is 0.264. The number of aliphatic imine (C=N–C) groups is 1. The van der Waals surface area contributed by atoms with Crippen LogP contribution in [0.4, 0.5) is 0 Å². The van der Waals surface area contributed by atoms with Crippen LogP contribution in [0.2, 0.25) is 0 Å². The maximum atomic E-state index is 5.51. The number of guanidine groups is 1. The first-order chi connectivity index (χ1) is 10.6. The zero-order valence-corrected chi connectivity index (χ0v) is 17.9. The van der Waals surface area contributed by atoms with E-state index in [4.69, 9.17) is 4.74 Å². The summed E-state index contributed by atoms with van der Waals surface area (Å²) in [5.74, 6) is 0.914. The van der Waals surface area contributed by atoms with E-state index in [0.717, 1.165) is 32.3 Å². The van der Waals surface area contributed by atoms with Gasteiger partial charge in [-0.2, -0.15) is 0 Å². The number of nitrogens with one attached hydrogen (secondary N) is 2. The smallest absolute Gasteiger partial charge is 0.191 e. The van der Waals surface area contributed by atoms with Crippen LogP contribution in [0.1, 0.15) is 53.4 Å². The van der Waals surface area contributed by atoms with Crippen LogP contribution in [-0.2, 0) is 4.74 Å². The third-order valence-electron chi connectivity index (χ3n) is 4.40. The molecule has 6 heteroatoms. The third kappa shape index (κ3) is 9.10. The van der Waals surface area contributed by atoms with E-state index in [1.54, 1.807) is 0 Å². The zero-order chi connectivity index (χ0) is 16.4. The second kappa shape index (κ2) is 13.2. The van der Waals surface area contributed by atoms with Crippen molar-refractivity contribution in [3.8, 4) is 0 Å². The van der Waals surface area contributed by atoms with Crippen LogP contribution in [0, 0.1) is 0 Å². The number of hydrogen-bond acceptors (Lipinski definition) is 3. The molecule has 23 heavy (non-hydrogen) atoms. The van der Waals surface area contributed by atoms with Crippen molar-refractivity contribution in [3.63, 3.8) is 0 Å². The van der Waals surface area contributed by atoms with Gasteiger partial charge in [0.15, 0.2) is 5.96 Å². The molecule has 0 amide bonds. The second-order valence-electron chi connectivity index (χ2n) is 6.51. The Balaban J connectivity index is 0.00000484. The van der Waals surface area contributed by atoms with Crippen molar-refractivity contribution >= 4 is 29.9 Å². The van der Waals surface area contributed by atoms with Crippen molar-refractivity contribution in [1.82, 2.24) is 15.5 Å². The molecule has 0 aromatic heterocycles. The first-order valence-electron chi connectivity index (χ1n) is 8.89. The van der Waals surface area contributed by atoms with Crippen molar-refractivity contribution < 1.29 is 4.74 Å². The van der Waals surface area contributed by atoms with E-state index in [9.17, 15) is 0 Å². The van der Waals surface area contributed by atoms with Crippen LogP contribution in [0.25, 0.3) is 0 Å². The maximum Gasteiger partial charge on any atom is 0.191 e. The minimum Gasteiger partial charge on any atom is -0.379 e. The van der Waals surface area contributed by atoms with Gasteiger partial charge >= 0.3 is 0 Å². The highest BCUT2D eigenvalue weighted by atomic mass is 127. The van der Waals surface area contributed by atoms with Crippen molar-refractivity contribution in [2.45, 2.75) is 71.5 Å². The molecular formula is C17H37IN4O. The predicted octanol–water partition coefficient (Wildman–Crippen LogP) is 2.85. The van der Waals surface area contributed by atoms with Gasteiger partial charge in [-0.05, 0) is 27.2 Å². The number of morpholine rings is 1. The Morgan fingerprint density at radius 1 is 1.35 bits per heavy atom. The number of nitrogens with zero attached hydrogens (tertiary/aromatic N) is 2. The largest absolute Gasteiger partial charge is 0.379 e. The van der Waals surface area contributed by atoms with E-state index in [1.165, 1.54) is 25.7 Å². The molecule has 0 aliphatic carbocycles. The molecule has 0 bridgehead atoms. The molecule has 1 fully saturated rings. The van der Waals surface area contributed by atoms with E-state index in [0.29, 0.717) is 18.1 Å². The lowest BCUT2D eigenvalue weighted by Gasteiger charge is -2.38. The lowest BCUT2D eigenvalue weighted by Crippen LogP contribution is -2.53. The van der Waals surface area contributed by atoms with Crippen molar-refractivity contribution in [1.29, 1.82) is 0 Å². The molecular weight excluding hydrogens is 403 g/mol. The van der Waals surface area contributed by atoms with Gasteiger partial charge in [-0.15, -0.1) is 24.0 Å². The summed E-state index contributed by atoms with van der Waals surface area (Å²) in [6.07, 6.45) is 5.06. The molecule has 1 heterocycles. The van der Waals surface area contributed by atoms with Gasteiger partial charge in [-0.25, -0.2) is 0 Å². The molecule has 1 rings (SSSR count). The van der Waals surface area contributed by atoms with Gasteiger partial charge in [-0.1, -0.05) is 26.2 Å². The molecule has 2 N–H and O–H groups in total. The fourth-order valence-electron chi connectivity index (χ4n) is 2.96. The van der Waals surface area contributed by atoms with E-state index < -0.39 is 0 Å². The summed E-state index contributed by atoms with van der Waals surface area (Å²) in [7, 11) is 1.84. The summed E-state index contributed by atoms with van der Waals surface area (Å²) in [6, 6.07) is 1.44. The molecule has 5 nitrogen and oxygen atoms in total. The molecule has 3 unspecified atom stereocenters. The number of halogens is 1. The fraction of sp³-hybridized carbons (Fsp3) is 0.941. The molecule has 138 valence electrons.